The molecule has 0 saturated carbocycles. The van der Waals surface area contributed by atoms with Crippen molar-refractivity contribution in [2.24, 2.45) is 13.0 Å². The zero-order chi connectivity index (χ0) is 13.9. The number of hydrogen-bond donors (Lipinski definition) is 1. The van der Waals surface area contributed by atoms with Crippen molar-refractivity contribution < 1.29 is 8.42 Å². The van der Waals surface area contributed by atoms with Crippen LogP contribution in [-0.2, 0) is 17.1 Å². The van der Waals surface area contributed by atoms with Crippen LogP contribution < -0.4 is 5.32 Å². The van der Waals surface area contributed by atoms with Crippen molar-refractivity contribution in [3.05, 3.63) is 6.20 Å². The van der Waals surface area contributed by atoms with Gasteiger partial charge < -0.3 is 5.32 Å². The molecule has 0 atom stereocenters. The number of nitrogens with zero attached hydrogens (tertiary/aromatic N) is 4. The quantitative estimate of drug-likeness (QED) is 0.840. The number of piperidine rings is 1. The first kappa shape index (κ1) is 17.4. The van der Waals surface area contributed by atoms with Gasteiger partial charge in [0.25, 0.3) is 10.0 Å². The summed E-state index contributed by atoms with van der Waals surface area (Å²) in [6.07, 6.45) is 3.11. The number of aromatic nitrogens is 3. The maximum atomic E-state index is 12.4. The number of halogens is 1. The van der Waals surface area contributed by atoms with E-state index >= 15 is 0 Å². The zero-order valence-electron chi connectivity index (χ0n) is 11.8. The van der Waals surface area contributed by atoms with Gasteiger partial charge in [-0.05, 0) is 31.8 Å². The van der Waals surface area contributed by atoms with Crippen molar-refractivity contribution in [2.45, 2.75) is 24.8 Å². The third kappa shape index (κ3) is 3.69. The molecular formula is C11H22ClN5O2S. The lowest BCUT2D eigenvalue weighted by Crippen LogP contribution is -2.41. The highest BCUT2D eigenvalue weighted by Gasteiger charge is 2.31. The fraction of sp³-hybridized carbons (Fsp3) is 0.818. The largest absolute Gasteiger partial charge is 0.317 e. The second-order valence-electron chi connectivity index (χ2n) is 4.85. The Bertz CT molecular complexity index is 511. The molecule has 2 heterocycles. The van der Waals surface area contributed by atoms with Crippen LogP contribution in [0.3, 0.4) is 0 Å². The number of nitrogens with one attached hydrogen (secondary N) is 1. The normalized spacial score (nSPS) is 17.9. The first-order chi connectivity index (χ1) is 9.05. The number of aryl methyl sites for hydroxylation is 1. The summed E-state index contributed by atoms with van der Waals surface area (Å²) in [6.45, 7) is 5.15. The van der Waals surface area contributed by atoms with E-state index < -0.39 is 10.0 Å². The maximum Gasteiger partial charge on any atom is 0.261 e. The zero-order valence-corrected chi connectivity index (χ0v) is 13.5. The van der Waals surface area contributed by atoms with Crippen molar-refractivity contribution in [1.29, 1.82) is 0 Å². The summed E-state index contributed by atoms with van der Waals surface area (Å²) in [5.74, 6) is 0.566. The minimum Gasteiger partial charge on any atom is -0.317 e. The highest BCUT2D eigenvalue weighted by Crippen LogP contribution is 2.22. The molecular weight excluding hydrogens is 302 g/mol. The summed E-state index contributed by atoms with van der Waals surface area (Å²) in [4.78, 5) is 0. The van der Waals surface area contributed by atoms with Gasteiger partial charge in [0.2, 0.25) is 0 Å². The highest BCUT2D eigenvalue weighted by atomic mass is 35.5. The fourth-order valence-electron chi connectivity index (χ4n) is 2.35. The fourth-order valence-corrected chi connectivity index (χ4v) is 3.86. The van der Waals surface area contributed by atoms with Crippen LogP contribution in [0.1, 0.15) is 19.8 Å². The molecule has 0 aromatic carbocycles. The summed E-state index contributed by atoms with van der Waals surface area (Å²) in [7, 11) is -1.85. The van der Waals surface area contributed by atoms with E-state index in [2.05, 4.69) is 22.6 Å². The Labute approximate surface area is 126 Å². The van der Waals surface area contributed by atoms with Gasteiger partial charge in [-0.1, -0.05) is 12.1 Å². The molecule has 0 amide bonds. The van der Waals surface area contributed by atoms with Crippen LogP contribution in [0.2, 0.25) is 0 Å². The Balaban J connectivity index is 0.00000200. The lowest BCUT2D eigenvalue weighted by molar-refractivity contribution is 0.267. The summed E-state index contributed by atoms with van der Waals surface area (Å²) in [6, 6.07) is 0. The molecule has 1 aliphatic heterocycles. The van der Waals surface area contributed by atoms with Gasteiger partial charge in [0, 0.05) is 20.1 Å². The number of rotatable bonds is 5. The third-order valence-electron chi connectivity index (χ3n) is 3.53. The topological polar surface area (TPSA) is 80.1 Å². The Kier molecular flexibility index (Phi) is 6.38. The minimum absolute atomic E-state index is 0. The van der Waals surface area contributed by atoms with Crippen molar-refractivity contribution in [3.63, 3.8) is 0 Å². The summed E-state index contributed by atoms with van der Waals surface area (Å²) in [5.41, 5.74) is 0. The molecule has 0 aliphatic carbocycles. The average molecular weight is 324 g/mol. The summed E-state index contributed by atoms with van der Waals surface area (Å²) < 4.78 is 27.6. The summed E-state index contributed by atoms with van der Waals surface area (Å²) in [5, 5.41) is 10.8. The number of hydrogen-bond acceptors (Lipinski definition) is 5. The molecule has 116 valence electrons. The number of sulfonamides is 1. The van der Waals surface area contributed by atoms with E-state index in [0.717, 1.165) is 25.9 Å². The van der Waals surface area contributed by atoms with Crippen LogP contribution in [0.25, 0.3) is 0 Å². The van der Waals surface area contributed by atoms with Gasteiger partial charge >= 0.3 is 0 Å². The Morgan fingerprint density at radius 2 is 2.05 bits per heavy atom. The molecule has 1 aromatic heterocycles. The van der Waals surface area contributed by atoms with Gasteiger partial charge in [-0.15, -0.1) is 17.5 Å². The van der Waals surface area contributed by atoms with E-state index in [1.807, 2.05) is 0 Å². The van der Waals surface area contributed by atoms with E-state index in [9.17, 15) is 8.42 Å². The monoisotopic (exact) mass is 323 g/mol. The van der Waals surface area contributed by atoms with Crippen LogP contribution >= 0.6 is 12.4 Å². The van der Waals surface area contributed by atoms with Gasteiger partial charge in [0.15, 0.2) is 5.03 Å². The molecule has 7 nitrogen and oxygen atoms in total. The molecule has 2 rings (SSSR count). The molecule has 1 aliphatic rings. The van der Waals surface area contributed by atoms with Gasteiger partial charge in [0.05, 0.1) is 6.20 Å². The molecule has 9 heteroatoms. The first-order valence-electron chi connectivity index (χ1n) is 6.61. The van der Waals surface area contributed by atoms with Crippen LogP contribution in [-0.4, -0.2) is 53.9 Å². The van der Waals surface area contributed by atoms with Gasteiger partial charge in [0.1, 0.15) is 0 Å². The Morgan fingerprint density at radius 3 is 2.55 bits per heavy atom. The first-order valence-corrected chi connectivity index (χ1v) is 8.05. The maximum absolute atomic E-state index is 12.4. The minimum atomic E-state index is -3.44. The van der Waals surface area contributed by atoms with Crippen LogP contribution in [0.15, 0.2) is 11.2 Å². The molecule has 0 radical (unpaired) electrons. The Morgan fingerprint density at radius 1 is 1.40 bits per heavy atom. The molecule has 1 saturated heterocycles. The van der Waals surface area contributed by atoms with Gasteiger partial charge in [-0.3, -0.25) is 0 Å². The third-order valence-corrected chi connectivity index (χ3v) is 5.48. The SMILES string of the molecule is CCNCC1CCN(S(=O)(=O)c2cnnn2C)CC1.Cl. The van der Waals surface area contributed by atoms with Crippen molar-refractivity contribution >= 4 is 22.4 Å². The standard InChI is InChI=1S/C11H21N5O2S.ClH/c1-3-12-8-10-4-6-16(7-5-10)19(17,18)11-9-13-14-15(11)2;/h9-10,12H,3-8H2,1-2H3;1H. The molecule has 1 N–H and O–H groups in total. The van der Waals surface area contributed by atoms with Crippen molar-refractivity contribution in [2.75, 3.05) is 26.2 Å². The van der Waals surface area contributed by atoms with Crippen molar-refractivity contribution in [3.8, 4) is 0 Å². The van der Waals surface area contributed by atoms with E-state index in [4.69, 9.17) is 0 Å². The average Bonchev–Trinajstić information content (AvgIpc) is 2.84. The van der Waals surface area contributed by atoms with Gasteiger partial charge in [-0.2, -0.15) is 4.31 Å². The van der Waals surface area contributed by atoms with Crippen LogP contribution in [0.5, 0.6) is 0 Å². The van der Waals surface area contributed by atoms with Crippen LogP contribution in [0, 0.1) is 5.92 Å². The van der Waals surface area contributed by atoms with E-state index in [-0.39, 0.29) is 17.4 Å². The predicted octanol–water partition coefficient (Wildman–Crippen LogP) is 0.247. The predicted molar refractivity (Wildman–Crippen MR) is 78.3 cm³/mol. The lowest BCUT2D eigenvalue weighted by Gasteiger charge is -2.30. The smallest absolute Gasteiger partial charge is 0.261 e. The lowest BCUT2D eigenvalue weighted by atomic mass is 9.98. The second kappa shape index (κ2) is 7.35. The van der Waals surface area contributed by atoms with E-state index in [1.165, 1.54) is 15.2 Å². The summed E-state index contributed by atoms with van der Waals surface area (Å²) >= 11 is 0. The van der Waals surface area contributed by atoms with E-state index in [0.29, 0.717) is 19.0 Å². The molecule has 0 unspecified atom stereocenters. The molecule has 1 aromatic rings. The molecule has 1 fully saturated rings. The highest BCUT2D eigenvalue weighted by molar-refractivity contribution is 7.89. The van der Waals surface area contributed by atoms with Crippen LogP contribution in [0.4, 0.5) is 0 Å². The second-order valence-corrected chi connectivity index (χ2v) is 6.74. The van der Waals surface area contributed by atoms with Gasteiger partial charge in [-0.25, -0.2) is 13.1 Å². The van der Waals surface area contributed by atoms with Crippen molar-refractivity contribution in [1.82, 2.24) is 24.6 Å². The molecule has 0 spiro atoms. The molecule has 20 heavy (non-hydrogen) atoms. The Hall–Kier alpha value is -0.700. The molecule has 0 bridgehead atoms. The van der Waals surface area contributed by atoms with E-state index in [1.54, 1.807) is 7.05 Å².